The van der Waals surface area contributed by atoms with Gasteiger partial charge < -0.3 is 19.2 Å². The molecule has 2 aromatic heterocycles. The fourth-order valence-corrected chi connectivity index (χ4v) is 3.96. The van der Waals surface area contributed by atoms with Crippen molar-refractivity contribution in [1.29, 1.82) is 0 Å². The molecule has 4 rings (SSSR count). The van der Waals surface area contributed by atoms with Gasteiger partial charge in [-0.2, -0.15) is 13.2 Å². The first-order valence-corrected chi connectivity index (χ1v) is 9.91. The van der Waals surface area contributed by atoms with Gasteiger partial charge in [0.05, 0.1) is 32.2 Å². The van der Waals surface area contributed by atoms with Gasteiger partial charge in [-0.25, -0.2) is 9.78 Å². The zero-order chi connectivity index (χ0) is 22.3. The Labute approximate surface area is 177 Å². The van der Waals surface area contributed by atoms with Gasteiger partial charge in [0.25, 0.3) is 0 Å². The first-order chi connectivity index (χ1) is 14.8. The van der Waals surface area contributed by atoms with Crippen LogP contribution >= 0.6 is 0 Å². The first kappa shape index (κ1) is 23.0. The molecule has 0 amide bonds. The van der Waals surface area contributed by atoms with Crippen LogP contribution in [-0.2, 0) is 16.1 Å². The van der Waals surface area contributed by atoms with E-state index in [2.05, 4.69) is 25.8 Å². The molecule has 0 radical (unpaired) electrons. The summed E-state index contributed by atoms with van der Waals surface area (Å²) in [4.78, 5) is 22.4. The number of rotatable bonds is 3. The minimum absolute atomic E-state index is 0.152. The standard InChI is InChI=1S/C18H24N4O2.C2HF3O2/c1-3-16(24-9-1)12-21-7-2-4-18(13-21)14-22(8-10-23-15-18)17-11-19-5-6-20-17;3-2(4,5)1(6)7/h1,3,5-6,9,11H,2,4,7-8,10,12-15H2;(H,6,7). The Morgan fingerprint density at radius 1 is 1.26 bits per heavy atom. The van der Waals surface area contributed by atoms with Crippen molar-refractivity contribution in [2.45, 2.75) is 25.6 Å². The Hall–Kier alpha value is -2.66. The SMILES string of the molecule is O=C(O)C(F)(F)F.c1coc(CN2CCCC3(COCCN(c4cnccn4)C3)C2)c1. The highest BCUT2D eigenvalue weighted by Gasteiger charge is 2.39. The molecule has 1 N–H and O–H groups in total. The smallest absolute Gasteiger partial charge is 0.475 e. The van der Waals surface area contributed by atoms with Crippen molar-refractivity contribution in [3.05, 3.63) is 42.7 Å². The van der Waals surface area contributed by atoms with Gasteiger partial charge in [-0.05, 0) is 31.5 Å². The summed E-state index contributed by atoms with van der Waals surface area (Å²) in [5.41, 5.74) is 0.152. The predicted octanol–water partition coefficient (Wildman–Crippen LogP) is 2.82. The molecular weight excluding hydrogens is 417 g/mol. The number of anilines is 1. The number of halogens is 3. The summed E-state index contributed by atoms with van der Waals surface area (Å²) in [6.45, 7) is 6.44. The Morgan fingerprint density at radius 2 is 2.06 bits per heavy atom. The lowest BCUT2D eigenvalue weighted by Crippen LogP contribution is -2.50. The summed E-state index contributed by atoms with van der Waals surface area (Å²) in [6.07, 6.45) is 4.38. The van der Waals surface area contributed by atoms with Gasteiger partial charge in [-0.15, -0.1) is 0 Å². The van der Waals surface area contributed by atoms with E-state index in [0.29, 0.717) is 0 Å². The van der Waals surface area contributed by atoms with Crippen LogP contribution in [0.15, 0.2) is 41.4 Å². The van der Waals surface area contributed by atoms with Gasteiger partial charge in [0.2, 0.25) is 0 Å². The van der Waals surface area contributed by atoms with E-state index in [0.717, 1.165) is 57.5 Å². The highest BCUT2D eigenvalue weighted by Crippen LogP contribution is 2.34. The number of furan rings is 1. The van der Waals surface area contributed by atoms with Gasteiger partial charge in [-0.1, -0.05) is 0 Å². The maximum Gasteiger partial charge on any atom is 0.490 e. The van der Waals surface area contributed by atoms with Crippen LogP contribution in [0, 0.1) is 5.41 Å². The zero-order valence-electron chi connectivity index (χ0n) is 16.9. The molecule has 1 unspecified atom stereocenters. The number of carboxylic acids is 1. The van der Waals surface area contributed by atoms with Crippen LogP contribution in [0.1, 0.15) is 18.6 Å². The second-order valence-electron chi connectivity index (χ2n) is 7.73. The molecule has 1 spiro atoms. The van der Waals surface area contributed by atoms with E-state index in [1.807, 2.05) is 12.3 Å². The van der Waals surface area contributed by atoms with Crippen molar-refractivity contribution < 1.29 is 32.2 Å². The molecule has 2 aliphatic heterocycles. The zero-order valence-corrected chi connectivity index (χ0v) is 16.9. The van der Waals surface area contributed by atoms with E-state index < -0.39 is 12.1 Å². The van der Waals surface area contributed by atoms with E-state index in [9.17, 15) is 13.2 Å². The normalized spacial score (nSPS) is 22.5. The number of aromatic nitrogens is 2. The summed E-state index contributed by atoms with van der Waals surface area (Å²) < 4.78 is 43.2. The van der Waals surface area contributed by atoms with Gasteiger partial charge in [0, 0.05) is 37.4 Å². The third-order valence-corrected chi connectivity index (χ3v) is 5.26. The molecule has 1 atom stereocenters. The average molecular weight is 442 g/mol. The van der Waals surface area contributed by atoms with Gasteiger partial charge in [-0.3, -0.25) is 9.88 Å². The maximum atomic E-state index is 10.6. The van der Waals surface area contributed by atoms with Gasteiger partial charge in [0.15, 0.2) is 0 Å². The molecule has 0 bridgehead atoms. The summed E-state index contributed by atoms with van der Waals surface area (Å²) in [7, 11) is 0. The summed E-state index contributed by atoms with van der Waals surface area (Å²) >= 11 is 0. The molecule has 0 saturated carbocycles. The number of ether oxygens (including phenoxy) is 1. The predicted molar refractivity (Wildman–Crippen MR) is 104 cm³/mol. The minimum atomic E-state index is -5.08. The molecule has 2 aromatic rings. The molecule has 8 nitrogen and oxygen atoms in total. The molecule has 4 heterocycles. The Bertz CT molecular complexity index is 820. The molecular formula is C20H25F3N4O4. The van der Waals surface area contributed by atoms with E-state index in [-0.39, 0.29) is 5.41 Å². The lowest BCUT2D eigenvalue weighted by molar-refractivity contribution is -0.192. The van der Waals surface area contributed by atoms with Crippen molar-refractivity contribution in [3.63, 3.8) is 0 Å². The number of hydrogen-bond acceptors (Lipinski definition) is 7. The topological polar surface area (TPSA) is 91.9 Å². The molecule has 2 fully saturated rings. The van der Waals surface area contributed by atoms with Crippen LogP contribution in [-0.4, -0.2) is 71.5 Å². The van der Waals surface area contributed by atoms with E-state index >= 15 is 0 Å². The van der Waals surface area contributed by atoms with Crippen LogP contribution in [0.3, 0.4) is 0 Å². The molecule has 11 heteroatoms. The van der Waals surface area contributed by atoms with Crippen LogP contribution in [0.4, 0.5) is 19.0 Å². The molecule has 2 aliphatic rings. The maximum absolute atomic E-state index is 10.6. The quantitative estimate of drug-likeness (QED) is 0.776. The summed E-state index contributed by atoms with van der Waals surface area (Å²) in [6, 6.07) is 4.01. The number of aliphatic carboxylic acids is 1. The van der Waals surface area contributed by atoms with Crippen LogP contribution < -0.4 is 4.90 Å². The molecule has 0 aliphatic carbocycles. The third kappa shape index (κ3) is 6.66. The van der Waals surface area contributed by atoms with Crippen molar-refractivity contribution in [2.24, 2.45) is 5.41 Å². The Balaban J connectivity index is 0.000000339. The van der Waals surface area contributed by atoms with Crippen molar-refractivity contribution in [1.82, 2.24) is 14.9 Å². The average Bonchev–Trinajstić information content (AvgIpc) is 3.16. The minimum Gasteiger partial charge on any atom is -0.475 e. The Kier molecular flexibility index (Phi) is 7.50. The number of alkyl halides is 3. The van der Waals surface area contributed by atoms with Crippen molar-refractivity contribution in [3.8, 4) is 0 Å². The molecule has 170 valence electrons. The second kappa shape index (κ2) is 10.1. The molecule has 2 saturated heterocycles. The monoisotopic (exact) mass is 442 g/mol. The van der Waals surface area contributed by atoms with E-state index in [1.54, 1.807) is 18.7 Å². The number of carbonyl (C=O) groups is 1. The lowest BCUT2D eigenvalue weighted by atomic mass is 9.80. The lowest BCUT2D eigenvalue weighted by Gasteiger charge is -2.43. The van der Waals surface area contributed by atoms with E-state index in [1.165, 1.54) is 12.8 Å². The summed E-state index contributed by atoms with van der Waals surface area (Å²) in [5.74, 6) is -0.773. The highest BCUT2D eigenvalue weighted by molar-refractivity contribution is 5.73. The molecule has 0 aromatic carbocycles. The van der Waals surface area contributed by atoms with Crippen molar-refractivity contribution in [2.75, 3.05) is 44.3 Å². The van der Waals surface area contributed by atoms with Crippen LogP contribution in [0.5, 0.6) is 0 Å². The fraction of sp³-hybridized carbons (Fsp3) is 0.550. The van der Waals surface area contributed by atoms with Gasteiger partial charge >= 0.3 is 12.1 Å². The highest BCUT2D eigenvalue weighted by atomic mass is 19.4. The number of nitrogens with zero attached hydrogens (tertiary/aromatic N) is 4. The summed E-state index contributed by atoms with van der Waals surface area (Å²) in [5, 5.41) is 7.12. The second-order valence-corrected chi connectivity index (χ2v) is 7.73. The van der Waals surface area contributed by atoms with Crippen molar-refractivity contribution >= 4 is 11.8 Å². The van der Waals surface area contributed by atoms with Crippen LogP contribution in [0.25, 0.3) is 0 Å². The van der Waals surface area contributed by atoms with Gasteiger partial charge in [0.1, 0.15) is 11.6 Å². The fourth-order valence-electron chi connectivity index (χ4n) is 3.96. The number of hydrogen-bond donors (Lipinski definition) is 1. The molecule has 31 heavy (non-hydrogen) atoms. The van der Waals surface area contributed by atoms with E-state index in [4.69, 9.17) is 19.1 Å². The largest absolute Gasteiger partial charge is 0.490 e. The number of carboxylic acid groups (broad SMARTS) is 1. The number of piperidine rings is 1. The Morgan fingerprint density at radius 3 is 2.71 bits per heavy atom. The van der Waals surface area contributed by atoms with Crippen LogP contribution in [0.2, 0.25) is 0 Å². The number of likely N-dealkylation sites (tertiary alicyclic amines) is 1. The third-order valence-electron chi connectivity index (χ3n) is 5.26. The first-order valence-electron chi connectivity index (χ1n) is 9.91.